The summed E-state index contributed by atoms with van der Waals surface area (Å²) in [6, 6.07) is -0.390. The molecule has 18 heavy (non-hydrogen) atoms. The number of hydrogen-bond acceptors (Lipinski definition) is 5. The SMILES string of the molecule is CCOC(=O)[C@@H]1COC[C@H]1NC(=O)OC(C)(C)C. The Bertz CT molecular complexity index is 310. The molecule has 1 N–H and O–H groups in total. The van der Waals surface area contributed by atoms with Crippen LogP contribution in [0.4, 0.5) is 4.79 Å². The third-order valence-corrected chi connectivity index (χ3v) is 2.37. The zero-order chi connectivity index (χ0) is 13.8. The highest BCUT2D eigenvalue weighted by Crippen LogP contribution is 2.16. The first kappa shape index (κ1) is 14.8. The third kappa shape index (κ3) is 4.52. The van der Waals surface area contributed by atoms with Crippen molar-refractivity contribution in [1.29, 1.82) is 0 Å². The van der Waals surface area contributed by atoms with E-state index in [1.165, 1.54) is 0 Å². The largest absolute Gasteiger partial charge is 0.466 e. The molecule has 0 spiro atoms. The Kier molecular flexibility index (Phi) is 4.95. The van der Waals surface area contributed by atoms with Gasteiger partial charge in [0.05, 0.1) is 25.9 Å². The molecule has 1 heterocycles. The zero-order valence-corrected chi connectivity index (χ0v) is 11.3. The Hall–Kier alpha value is -1.30. The van der Waals surface area contributed by atoms with Gasteiger partial charge in [0.15, 0.2) is 0 Å². The van der Waals surface area contributed by atoms with E-state index in [1.807, 2.05) is 0 Å². The van der Waals surface area contributed by atoms with E-state index < -0.39 is 17.6 Å². The van der Waals surface area contributed by atoms with Crippen LogP contribution in [0, 0.1) is 5.92 Å². The molecule has 1 aliphatic rings. The molecule has 0 bridgehead atoms. The minimum atomic E-state index is -0.566. The Morgan fingerprint density at radius 2 is 2.00 bits per heavy atom. The number of rotatable bonds is 3. The van der Waals surface area contributed by atoms with E-state index in [1.54, 1.807) is 27.7 Å². The van der Waals surface area contributed by atoms with Gasteiger partial charge in [0.1, 0.15) is 11.5 Å². The van der Waals surface area contributed by atoms with Gasteiger partial charge >= 0.3 is 12.1 Å². The number of carbonyl (C=O) groups is 2. The van der Waals surface area contributed by atoms with Crippen molar-refractivity contribution in [3.8, 4) is 0 Å². The standard InChI is InChI=1S/C12H21NO5/c1-5-17-10(14)8-6-16-7-9(8)13-11(15)18-12(2,3)4/h8-9H,5-7H2,1-4H3,(H,13,15)/t8-,9-/m1/s1. The number of esters is 1. The van der Waals surface area contributed by atoms with Crippen molar-refractivity contribution in [3.05, 3.63) is 0 Å². The molecule has 6 nitrogen and oxygen atoms in total. The van der Waals surface area contributed by atoms with Gasteiger partial charge in [-0.2, -0.15) is 0 Å². The van der Waals surface area contributed by atoms with Crippen LogP contribution in [0.15, 0.2) is 0 Å². The van der Waals surface area contributed by atoms with Gasteiger partial charge in [-0.25, -0.2) is 4.79 Å². The fourth-order valence-corrected chi connectivity index (χ4v) is 1.64. The smallest absolute Gasteiger partial charge is 0.407 e. The van der Waals surface area contributed by atoms with Crippen molar-refractivity contribution in [2.24, 2.45) is 5.92 Å². The summed E-state index contributed by atoms with van der Waals surface area (Å²) in [6.45, 7) is 7.95. The average Bonchev–Trinajstić information content (AvgIpc) is 2.62. The van der Waals surface area contributed by atoms with E-state index in [0.717, 1.165) is 0 Å². The molecular formula is C12H21NO5. The molecule has 2 atom stereocenters. The van der Waals surface area contributed by atoms with Crippen LogP contribution in [0.1, 0.15) is 27.7 Å². The second-order valence-corrected chi connectivity index (χ2v) is 5.15. The summed E-state index contributed by atoms with van der Waals surface area (Å²) >= 11 is 0. The number of carbonyl (C=O) groups excluding carboxylic acids is 2. The van der Waals surface area contributed by atoms with E-state index in [2.05, 4.69) is 5.32 Å². The van der Waals surface area contributed by atoms with Crippen molar-refractivity contribution in [1.82, 2.24) is 5.32 Å². The summed E-state index contributed by atoms with van der Waals surface area (Å²) in [4.78, 5) is 23.2. The predicted octanol–water partition coefficient (Wildman–Crippen LogP) is 1.09. The summed E-state index contributed by atoms with van der Waals surface area (Å²) in [5.74, 6) is -0.812. The molecule has 6 heteroatoms. The maximum atomic E-state index is 11.6. The van der Waals surface area contributed by atoms with Gasteiger partial charge in [-0.3, -0.25) is 4.79 Å². The van der Waals surface area contributed by atoms with Crippen molar-refractivity contribution >= 4 is 12.1 Å². The zero-order valence-electron chi connectivity index (χ0n) is 11.3. The van der Waals surface area contributed by atoms with Crippen molar-refractivity contribution in [3.63, 3.8) is 0 Å². The fraction of sp³-hybridized carbons (Fsp3) is 0.833. The maximum absolute atomic E-state index is 11.6. The number of ether oxygens (including phenoxy) is 3. The Morgan fingerprint density at radius 3 is 2.56 bits per heavy atom. The van der Waals surface area contributed by atoms with E-state index in [0.29, 0.717) is 13.2 Å². The third-order valence-electron chi connectivity index (χ3n) is 2.37. The van der Waals surface area contributed by atoms with Gasteiger partial charge in [0.2, 0.25) is 0 Å². The number of nitrogens with one attached hydrogen (secondary N) is 1. The van der Waals surface area contributed by atoms with E-state index in [4.69, 9.17) is 14.2 Å². The summed E-state index contributed by atoms with van der Waals surface area (Å²) in [5, 5.41) is 2.64. The molecule has 0 unspecified atom stereocenters. The lowest BCUT2D eigenvalue weighted by molar-refractivity contribution is -0.148. The molecule has 0 aromatic heterocycles. The minimum absolute atomic E-state index is 0.263. The van der Waals surface area contributed by atoms with Crippen LogP contribution in [0.2, 0.25) is 0 Å². The molecule has 0 saturated carbocycles. The summed E-state index contributed by atoms with van der Waals surface area (Å²) in [5.41, 5.74) is -0.566. The van der Waals surface area contributed by atoms with Crippen LogP contribution in [0.25, 0.3) is 0 Å². The lowest BCUT2D eigenvalue weighted by atomic mass is 10.0. The normalized spacial score (nSPS) is 23.6. The molecule has 1 saturated heterocycles. The van der Waals surface area contributed by atoms with Gasteiger partial charge < -0.3 is 19.5 Å². The molecule has 1 aliphatic heterocycles. The Labute approximate surface area is 107 Å². The summed E-state index contributed by atoms with van der Waals surface area (Å²) in [6.07, 6.45) is -0.549. The van der Waals surface area contributed by atoms with Gasteiger partial charge in [0.25, 0.3) is 0 Å². The highest BCUT2D eigenvalue weighted by molar-refractivity contribution is 5.75. The van der Waals surface area contributed by atoms with Crippen LogP contribution >= 0.6 is 0 Å². The van der Waals surface area contributed by atoms with Crippen molar-refractivity contribution in [2.75, 3.05) is 19.8 Å². The van der Waals surface area contributed by atoms with Crippen molar-refractivity contribution < 1.29 is 23.8 Å². The summed E-state index contributed by atoms with van der Waals surface area (Å²) < 4.78 is 15.3. The molecule has 104 valence electrons. The van der Waals surface area contributed by atoms with E-state index in [-0.39, 0.29) is 18.6 Å². The van der Waals surface area contributed by atoms with Crippen LogP contribution in [0.5, 0.6) is 0 Å². The Morgan fingerprint density at radius 1 is 1.33 bits per heavy atom. The van der Waals surface area contributed by atoms with Crippen LogP contribution < -0.4 is 5.32 Å². The maximum Gasteiger partial charge on any atom is 0.407 e. The fourth-order valence-electron chi connectivity index (χ4n) is 1.64. The second-order valence-electron chi connectivity index (χ2n) is 5.15. The summed E-state index contributed by atoms with van der Waals surface area (Å²) in [7, 11) is 0. The molecule has 0 aliphatic carbocycles. The second kappa shape index (κ2) is 6.04. The highest BCUT2D eigenvalue weighted by atomic mass is 16.6. The van der Waals surface area contributed by atoms with Gasteiger partial charge in [-0.15, -0.1) is 0 Å². The molecular weight excluding hydrogens is 238 g/mol. The Balaban J connectivity index is 2.50. The first-order valence-electron chi connectivity index (χ1n) is 6.07. The molecule has 0 aromatic rings. The number of amides is 1. The minimum Gasteiger partial charge on any atom is -0.466 e. The quantitative estimate of drug-likeness (QED) is 0.768. The molecule has 1 fully saturated rings. The van der Waals surface area contributed by atoms with Gasteiger partial charge in [-0.05, 0) is 27.7 Å². The number of hydrogen-bond donors (Lipinski definition) is 1. The lowest BCUT2D eigenvalue weighted by Gasteiger charge is -2.23. The predicted molar refractivity (Wildman–Crippen MR) is 64.1 cm³/mol. The number of alkyl carbamates (subject to hydrolysis) is 1. The molecule has 0 aromatic carbocycles. The van der Waals surface area contributed by atoms with Gasteiger partial charge in [-0.1, -0.05) is 0 Å². The van der Waals surface area contributed by atoms with Crippen LogP contribution in [-0.4, -0.2) is 43.5 Å². The molecule has 1 amide bonds. The van der Waals surface area contributed by atoms with Crippen LogP contribution in [0.3, 0.4) is 0 Å². The van der Waals surface area contributed by atoms with E-state index in [9.17, 15) is 9.59 Å². The monoisotopic (exact) mass is 259 g/mol. The first-order valence-corrected chi connectivity index (χ1v) is 6.07. The molecule has 1 rings (SSSR count). The first-order chi connectivity index (χ1) is 8.33. The van der Waals surface area contributed by atoms with Crippen LogP contribution in [-0.2, 0) is 19.0 Å². The molecule has 0 radical (unpaired) electrons. The lowest BCUT2D eigenvalue weighted by Crippen LogP contribution is -2.45. The average molecular weight is 259 g/mol. The van der Waals surface area contributed by atoms with Gasteiger partial charge in [0, 0.05) is 0 Å². The van der Waals surface area contributed by atoms with Crippen molar-refractivity contribution in [2.45, 2.75) is 39.3 Å². The highest BCUT2D eigenvalue weighted by Gasteiger charge is 2.37. The topological polar surface area (TPSA) is 73.9 Å². The van der Waals surface area contributed by atoms with E-state index >= 15 is 0 Å².